The van der Waals surface area contributed by atoms with Crippen molar-refractivity contribution >= 4 is 33.5 Å². The Morgan fingerprint density at radius 2 is 1.33 bits per heavy atom. The molecule has 0 atom stereocenters. The van der Waals surface area contributed by atoms with Crippen molar-refractivity contribution in [3.63, 3.8) is 0 Å². The Balaban J connectivity index is 2.52. The molecule has 0 bridgehead atoms. The topological polar surface area (TPSA) is 18.5 Å². The Labute approximate surface area is 99.9 Å². The summed E-state index contributed by atoms with van der Waals surface area (Å²) >= 11 is -2.00. The van der Waals surface area contributed by atoms with Crippen LogP contribution in [0.5, 0.6) is 11.5 Å². The van der Waals surface area contributed by atoms with Gasteiger partial charge in [-0.3, -0.25) is 0 Å². The van der Waals surface area contributed by atoms with Crippen LogP contribution >= 0.6 is 17.9 Å². The molecule has 15 heavy (non-hydrogen) atoms. The SMILES string of the molecule is COc1ccc(OC)c2c1[S][Sn]([CH3])([CH3])[S]2. The molecule has 0 spiro atoms. The van der Waals surface area contributed by atoms with E-state index in [9.17, 15) is 0 Å². The number of hydrogen-bond acceptors (Lipinski definition) is 4. The molecule has 0 unspecified atom stereocenters. The molecule has 1 heterocycles. The second kappa shape index (κ2) is 4.29. The summed E-state index contributed by atoms with van der Waals surface area (Å²) in [6.07, 6.45) is 0. The molecule has 0 fully saturated rings. The zero-order valence-corrected chi connectivity index (χ0v) is 13.8. The van der Waals surface area contributed by atoms with Gasteiger partial charge in [0.05, 0.1) is 0 Å². The normalized spacial score (nSPS) is 17.3. The first-order valence-electron chi connectivity index (χ1n) is 4.70. The Kier molecular flexibility index (Phi) is 3.38. The zero-order valence-electron chi connectivity index (χ0n) is 9.29. The van der Waals surface area contributed by atoms with Crippen LogP contribution in [0.4, 0.5) is 0 Å². The maximum absolute atomic E-state index is 5.39. The molecular formula is C10H14O2S2Sn. The van der Waals surface area contributed by atoms with E-state index in [-0.39, 0.29) is 0 Å². The molecule has 2 rings (SSSR count). The van der Waals surface area contributed by atoms with Gasteiger partial charge in [-0.15, -0.1) is 0 Å². The van der Waals surface area contributed by atoms with Crippen LogP contribution in [0.15, 0.2) is 21.9 Å². The van der Waals surface area contributed by atoms with Gasteiger partial charge in [0, 0.05) is 0 Å². The molecule has 5 heteroatoms. The van der Waals surface area contributed by atoms with E-state index in [1.165, 1.54) is 9.79 Å². The number of benzene rings is 1. The Morgan fingerprint density at radius 1 is 0.933 bits per heavy atom. The summed E-state index contributed by atoms with van der Waals surface area (Å²) in [5.41, 5.74) is 0. The fourth-order valence-corrected chi connectivity index (χ4v) is 21.4. The van der Waals surface area contributed by atoms with Gasteiger partial charge in [-0.1, -0.05) is 0 Å². The molecule has 0 aliphatic carbocycles. The van der Waals surface area contributed by atoms with E-state index in [2.05, 4.69) is 9.88 Å². The number of fused-ring (bicyclic) bond motifs is 1. The van der Waals surface area contributed by atoms with E-state index in [0.29, 0.717) is 0 Å². The van der Waals surface area contributed by atoms with Crippen molar-refractivity contribution in [2.45, 2.75) is 19.7 Å². The van der Waals surface area contributed by atoms with Crippen LogP contribution in [0.3, 0.4) is 0 Å². The summed E-state index contributed by atoms with van der Waals surface area (Å²) in [6.45, 7) is 0. The molecule has 1 aromatic carbocycles. The molecule has 1 aliphatic heterocycles. The fourth-order valence-electron chi connectivity index (χ4n) is 1.55. The van der Waals surface area contributed by atoms with Gasteiger partial charge >= 0.3 is 100 Å². The molecule has 0 saturated carbocycles. The van der Waals surface area contributed by atoms with Gasteiger partial charge in [0.25, 0.3) is 0 Å². The minimum absolute atomic E-state index is 0.991. The standard InChI is InChI=1S/C8H10O2S2.2CH3.Sn/c1-9-5-3-4-6(10-2)8(12)7(5)11;;;/h3-4,11-12H,1-2H3;2*1H3;/q;;;+2/p-2. The second-order valence-electron chi connectivity index (χ2n) is 3.73. The van der Waals surface area contributed by atoms with Gasteiger partial charge in [-0.25, -0.2) is 0 Å². The molecule has 0 aromatic heterocycles. The van der Waals surface area contributed by atoms with Crippen LogP contribution in [0.2, 0.25) is 9.88 Å². The van der Waals surface area contributed by atoms with Crippen LogP contribution < -0.4 is 9.47 Å². The van der Waals surface area contributed by atoms with Gasteiger partial charge in [-0.2, -0.15) is 0 Å². The van der Waals surface area contributed by atoms with Gasteiger partial charge < -0.3 is 0 Å². The van der Waals surface area contributed by atoms with Gasteiger partial charge in [-0.05, 0) is 0 Å². The summed E-state index contributed by atoms with van der Waals surface area (Å²) in [7, 11) is 7.54. The predicted octanol–water partition coefficient (Wildman–Crippen LogP) is 3.60. The molecule has 2 nitrogen and oxygen atoms in total. The Hall–Kier alpha value is 0.319. The number of ether oxygens (including phenoxy) is 2. The molecule has 0 N–H and O–H groups in total. The average Bonchev–Trinajstić information content (AvgIpc) is 2.51. The third-order valence-corrected chi connectivity index (χ3v) is 19.8. The first kappa shape index (κ1) is 11.8. The first-order valence-corrected chi connectivity index (χ1v) is 19.0. The van der Waals surface area contributed by atoms with E-state index in [4.69, 9.17) is 9.47 Å². The average molecular weight is 349 g/mol. The fraction of sp³-hybridized carbons (Fsp3) is 0.400. The van der Waals surface area contributed by atoms with Gasteiger partial charge in [0.1, 0.15) is 0 Å². The summed E-state index contributed by atoms with van der Waals surface area (Å²) in [4.78, 5) is 7.43. The maximum atomic E-state index is 5.39. The summed E-state index contributed by atoms with van der Waals surface area (Å²) in [5.74, 6) is 1.98. The molecule has 0 radical (unpaired) electrons. The monoisotopic (exact) mass is 350 g/mol. The van der Waals surface area contributed by atoms with Crippen molar-refractivity contribution < 1.29 is 9.47 Å². The summed E-state index contributed by atoms with van der Waals surface area (Å²) < 4.78 is 10.8. The second-order valence-corrected chi connectivity index (χ2v) is 31.9. The predicted molar refractivity (Wildman–Crippen MR) is 68.7 cm³/mol. The van der Waals surface area contributed by atoms with E-state index in [0.717, 1.165) is 11.5 Å². The van der Waals surface area contributed by atoms with Crippen molar-refractivity contribution in [1.29, 1.82) is 0 Å². The summed E-state index contributed by atoms with van der Waals surface area (Å²) in [6, 6.07) is 4.00. The van der Waals surface area contributed by atoms with E-state index in [1.807, 2.05) is 30.0 Å². The minimum atomic E-state index is -2.00. The van der Waals surface area contributed by atoms with Crippen molar-refractivity contribution in [2.24, 2.45) is 0 Å². The molecule has 1 aliphatic rings. The van der Waals surface area contributed by atoms with Crippen molar-refractivity contribution in [1.82, 2.24) is 0 Å². The first-order chi connectivity index (χ1) is 7.07. The van der Waals surface area contributed by atoms with Crippen LogP contribution in [0, 0.1) is 0 Å². The van der Waals surface area contributed by atoms with Crippen molar-refractivity contribution in [3.8, 4) is 11.5 Å². The van der Waals surface area contributed by atoms with Crippen molar-refractivity contribution in [2.75, 3.05) is 14.2 Å². The molecule has 0 amide bonds. The van der Waals surface area contributed by atoms with Crippen molar-refractivity contribution in [3.05, 3.63) is 12.1 Å². The van der Waals surface area contributed by atoms with Crippen LogP contribution in [-0.4, -0.2) is 29.8 Å². The third-order valence-electron chi connectivity index (χ3n) is 2.18. The molecule has 82 valence electrons. The quantitative estimate of drug-likeness (QED) is 0.760. The van der Waals surface area contributed by atoms with E-state index in [1.54, 1.807) is 14.2 Å². The number of rotatable bonds is 2. The van der Waals surface area contributed by atoms with Crippen LogP contribution in [0.1, 0.15) is 0 Å². The van der Waals surface area contributed by atoms with Gasteiger partial charge in [0.2, 0.25) is 0 Å². The third kappa shape index (κ3) is 2.22. The number of hydrogen-bond donors (Lipinski definition) is 0. The van der Waals surface area contributed by atoms with Crippen LogP contribution in [-0.2, 0) is 0 Å². The molecular weight excluding hydrogens is 335 g/mol. The summed E-state index contributed by atoms with van der Waals surface area (Å²) in [5, 5.41) is 0. The Bertz CT molecular complexity index is 358. The molecule has 0 saturated heterocycles. The molecule has 1 aromatic rings. The van der Waals surface area contributed by atoms with Crippen LogP contribution in [0.25, 0.3) is 0 Å². The van der Waals surface area contributed by atoms with E-state index >= 15 is 0 Å². The van der Waals surface area contributed by atoms with Gasteiger partial charge in [0.15, 0.2) is 0 Å². The number of methoxy groups -OCH3 is 2. The zero-order chi connectivity index (χ0) is 11.1. The Morgan fingerprint density at radius 3 is 1.67 bits per heavy atom. The van der Waals surface area contributed by atoms with E-state index < -0.39 is 15.6 Å².